The number of aliphatic hydroxyl groups excluding tert-OH is 1. The summed E-state index contributed by atoms with van der Waals surface area (Å²) >= 11 is 5.92. The van der Waals surface area contributed by atoms with Gasteiger partial charge in [-0.1, -0.05) is 11.6 Å². The first-order chi connectivity index (χ1) is 7.77. The molecular weight excluding hydrogens is 228 g/mol. The molecular formula is C10H11ClN4O. The van der Waals surface area contributed by atoms with Gasteiger partial charge in [0.15, 0.2) is 10.8 Å². The van der Waals surface area contributed by atoms with Crippen LogP contribution in [-0.2, 0) is 0 Å². The first kappa shape index (κ1) is 9.99. The Morgan fingerprint density at radius 3 is 2.94 bits per heavy atom. The Hall–Kier alpha value is -1.20. The second-order valence-electron chi connectivity index (χ2n) is 4.05. The summed E-state index contributed by atoms with van der Waals surface area (Å²) in [4.78, 5) is 12.2. The standard InChI is InChI=1S/C10H11ClN4O/c11-9-8-10(13-4-12-9)15(5-14-8)6-2-1-3-7(6)16/h4-7,16H,1-3H2. The molecule has 0 bridgehead atoms. The van der Waals surface area contributed by atoms with Crippen LogP contribution in [0.25, 0.3) is 11.2 Å². The van der Waals surface area contributed by atoms with Crippen molar-refractivity contribution in [3.8, 4) is 0 Å². The van der Waals surface area contributed by atoms with Crippen LogP contribution in [0.2, 0.25) is 5.15 Å². The maximum Gasteiger partial charge on any atom is 0.165 e. The van der Waals surface area contributed by atoms with E-state index in [9.17, 15) is 5.11 Å². The van der Waals surface area contributed by atoms with Crippen molar-refractivity contribution in [3.05, 3.63) is 17.8 Å². The van der Waals surface area contributed by atoms with E-state index in [0.29, 0.717) is 16.3 Å². The predicted octanol–water partition coefficient (Wildman–Crippen LogP) is 1.57. The van der Waals surface area contributed by atoms with E-state index in [1.165, 1.54) is 6.33 Å². The summed E-state index contributed by atoms with van der Waals surface area (Å²) in [7, 11) is 0. The van der Waals surface area contributed by atoms with Gasteiger partial charge in [0, 0.05) is 0 Å². The number of aromatic nitrogens is 4. The molecule has 2 aromatic heterocycles. The molecule has 1 saturated carbocycles. The molecule has 16 heavy (non-hydrogen) atoms. The lowest BCUT2D eigenvalue weighted by molar-refractivity contribution is 0.138. The average Bonchev–Trinajstić information content (AvgIpc) is 2.84. The maximum absolute atomic E-state index is 9.86. The highest BCUT2D eigenvalue weighted by Crippen LogP contribution is 2.32. The molecule has 84 valence electrons. The van der Waals surface area contributed by atoms with E-state index >= 15 is 0 Å². The number of rotatable bonds is 1. The van der Waals surface area contributed by atoms with Gasteiger partial charge in [-0.05, 0) is 19.3 Å². The number of hydrogen-bond acceptors (Lipinski definition) is 4. The van der Waals surface area contributed by atoms with Crippen LogP contribution in [0.5, 0.6) is 0 Å². The molecule has 5 nitrogen and oxygen atoms in total. The third kappa shape index (κ3) is 1.39. The molecule has 1 N–H and O–H groups in total. The SMILES string of the molecule is OC1CCCC1n1cnc2c(Cl)ncnc21. The minimum absolute atomic E-state index is 0.0657. The quantitative estimate of drug-likeness (QED) is 0.766. The maximum atomic E-state index is 9.86. The van der Waals surface area contributed by atoms with Gasteiger partial charge in [0.05, 0.1) is 18.5 Å². The fourth-order valence-corrected chi connectivity index (χ4v) is 2.49. The van der Waals surface area contributed by atoms with Crippen LogP contribution in [0, 0.1) is 0 Å². The normalized spacial score (nSPS) is 25.4. The molecule has 0 amide bonds. The largest absolute Gasteiger partial charge is 0.391 e. The molecule has 2 aromatic rings. The van der Waals surface area contributed by atoms with E-state index in [4.69, 9.17) is 11.6 Å². The van der Waals surface area contributed by atoms with Crippen molar-refractivity contribution in [1.82, 2.24) is 19.5 Å². The van der Waals surface area contributed by atoms with Crippen LogP contribution in [0.3, 0.4) is 0 Å². The summed E-state index contributed by atoms with van der Waals surface area (Å²) in [6.07, 6.45) is 5.61. The van der Waals surface area contributed by atoms with E-state index in [2.05, 4.69) is 15.0 Å². The number of fused-ring (bicyclic) bond motifs is 1. The van der Waals surface area contributed by atoms with Crippen LogP contribution in [-0.4, -0.2) is 30.7 Å². The number of halogens is 1. The fraction of sp³-hybridized carbons (Fsp3) is 0.500. The third-order valence-corrected chi connectivity index (χ3v) is 3.39. The number of aliphatic hydroxyl groups is 1. The van der Waals surface area contributed by atoms with E-state index in [-0.39, 0.29) is 12.1 Å². The lowest BCUT2D eigenvalue weighted by Crippen LogP contribution is -2.17. The van der Waals surface area contributed by atoms with E-state index in [1.54, 1.807) is 6.33 Å². The Morgan fingerprint density at radius 2 is 2.19 bits per heavy atom. The Morgan fingerprint density at radius 1 is 1.31 bits per heavy atom. The molecule has 1 aliphatic carbocycles. The average molecular weight is 239 g/mol. The lowest BCUT2D eigenvalue weighted by Gasteiger charge is -2.16. The molecule has 2 unspecified atom stereocenters. The van der Waals surface area contributed by atoms with Gasteiger partial charge in [0.2, 0.25) is 0 Å². The Bertz CT molecular complexity index is 527. The van der Waals surface area contributed by atoms with E-state index in [1.807, 2.05) is 4.57 Å². The van der Waals surface area contributed by atoms with E-state index < -0.39 is 0 Å². The number of nitrogens with zero attached hydrogens (tertiary/aromatic N) is 4. The number of imidazole rings is 1. The molecule has 0 saturated heterocycles. The van der Waals surface area contributed by atoms with Crippen LogP contribution in [0.1, 0.15) is 25.3 Å². The molecule has 1 aliphatic rings. The van der Waals surface area contributed by atoms with Gasteiger partial charge >= 0.3 is 0 Å². The van der Waals surface area contributed by atoms with Crippen molar-refractivity contribution < 1.29 is 5.11 Å². The van der Waals surface area contributed by atoms with Gasteiger partial charge < -0.3 is 9.67 Å². The summed E-state index contributed by atoms with van der Waals surface area (Å²) in [6.45, 7) is 0. The number of hydrogen-bond donors (Lipinski definition) is 1. The van der Waals surface area contributed by atoms with Gasteiger partial charge in [-0.3, -0.25) is 0 Å². The van der Waals surface area contributed by atoms with Crippen molar-refractivity contribution in [3.63, 3.8) is 0 Å². The van der Waals surface area contributed by atoms with E-state index in [0.717, 1.165) is 19.3 Å². The first-order valence-corrected chi connectivity index (χ1v) is 5.66. The summed E-state index contributed by atoms with van der Waals surface area (Å²) in [6, 6.07) is 0.0657. The van der Waals surface area contributed by atoms with Gasteiger partial charge in [0.1, 0.15) is 11.8 Å². The van der Waals surface area contributed by atoms with Crippen LogP contribution >= 0.6 is 11.6 Å². The molecule has 2 atom stereocenters. The lowest BCUT2D eigenvalue weighted by atomic mass is 10.2. The zero-order chi connectivity index (χ0) is 11.1. The smallest absolute Gasteiger partial charge is 0.165 e. The monoisotopic (exact) mass is 238 g/mol. The van der Waals surface area contributed by atoms with Gasteiger partial charge in [-0.15, -0.1) is 0 Å². The molecule has 0 aliphatic heterocycles. The topological polar surface area (TPSA) is 63.8 Å². The zero-order valence-electron chi connectivity index (χ0n) is 8.54. The van der Waals surface area contributed by atoms with Crippen molar-refractivity contribution in [2.75, 3.05) is 0 Å². The minimum atomic E-state index is -0.314. The molecule has 6 heteroatoms. The van der Waals surface area contributed by atoms with Crippen LogP contribution in [0.4, 0.5) is 0 Å². The second kappa shape index (κ2) is 3.68. The second-order valence-corrected chi connectivity index (χ2v) is 4.41. The molecule has 1 fully saturated rings. The molecule has 0 spiro atoms. The molecule has 2 heterocycles. The summed E-state index contributed by atoms with van der Waals surface area (Å²) in [5.41, 5.74) is 1.30. The van der Waals surface area contributed by atoms with Crippen molar-refractivity contribution >= 4 is 22.8 Å². The van der Waals surface area contributed by atoms with Crippen molar-refractivity contribution in [2.45, 2.75) is 31.4 Å². The van der Waals surface area contributed by atoms with Gasteiger partial charge in [-0.25, -0.2) is 15.0 Å². The summed E-state index contributed by atoms with van der Waals surface area (Å²) < 4.78 is 1.90. The highest BCUT2D eigenvalue weighted by Gasteiger charge is 2.28. The Labute approximate surface area is 97.1 Å². The third-order valence-electron chi connectivity index (χ3n) is 3.12. The van der Waals surface area contributed by atoms with Crippen LogP contribution in [0.15, 0.2) is 12.7 Å². The Balaban J connectivity index is 2.14. The molecule has 0 aromatic carbocycles. The van der Waals surface area contributed by atoms with Gasteiger partial charge in [0.25, 0.3) is 0 Å². The highest BCUT2D eigenvalue weighted by atomic mass is 35.5. The zero-order valence-corrected chi connectivity index (χ0v) is 9.30. The Kier molecular flexibility index (Phi) is 2.29. The minimum Gasteiger partial charge on any atom is -0.391 e. The first-order valence-electron chi connectivity index (χ1n) is 5.28. The molecule has 3 rings (SSSR count). The predicted molar refractivity (Wildman–Crippen MR) is 59.2 cm³/mol. The van der Waals surface area contributed by atoms with Crippen molar-refractivity contribution in [2.24, 2.45) is 0 Å². The fourth-order valence-electron chi connectivity index (χ4n) is 2.31. The summed E-state index contributed by atoms with van der Waals surface area (Å²) in [5, 5.41) is 10.2. The van der Waals surface area contributed by atoms with Crippen LogP contribution < -0.4 is 0 Å². The highest BCUT2D eigenvalue weighted by molar-refractivity contribution is 6.33. The van der Waals surface area contributed by atoms with Crippen molar-refractivity contribution in [1.29, 1.82) is 0 Å². The van der Waals surface area contributed by atoms with Gasteiger partial charge in [-0.2, -0.15) is 0 Å². The molecule has 0 radical (unpaired) electrons. The summed E-state index contributed by atoms with van der Waals surface area (Å²) in [5.74, 6) is 0.